The average Bonchev–Trinajstić information content (AvgIpc) is 2.39. The molecular formula is C16H27NO. The Balaban J connectivity index is 2.40. The van der Waals surface area contributed by atoms with Crippen molar-refractivity contribution < 1.29 is 4.74 Å². The second-order valence-corrected chi connectivity index (χ2v) is 5.06. The summed E-state index contributed by atoms with van der Waals surface area (Å²) in [6.07, 6.45) is 5.21. The molecule has 0 aliphatic rings. The van der Waals surface area contributed by atoms with Gasteiger partial charge in [0.05, 0.1) is 7.11 Å². The summed E-state index contributed by atoms with van der Waals surface area (Å²) in [6.45, 7) is 6.74. The van der Waals surface area contributed by atoms with E-state index in [9.17, 15) is 0 Å². The molecule has 0 saturated carbocycles. The Labute approximate surface area is 112 Å². The molecule has 18 heavy (non-hydrogen) atoms. The zero-order valence-electron chi connectivity index (χ0n) is 12.2. The minimum Gasteiger partial charge on any atom is -0.497 e. The van der Waals surface area contributed by atoms with Gasteiger partial charge in [0.1, 0.15) is 5.75 Å². The zero-order chi connectivity index (χ0) is 13.4. The highest BCUT2D eigenvalue weighted by Gasteiger charge is 2.09. The van der Waals surface area contributed by atoms with Crippen LogP contribution in [0.3, 0.4) is 0 Å². The van der Waals surface area contributed by atoms with E-state index in [1.165, 1.54) is 31.2 Å². The number of ether oxygens (including phenoxy) is 1. The fourth-order valence-electron chi connectivity index (χ4n) is 2.20. The van der Waals surface area contributed by atoms with Gasteiger partial charge >= 0.3 is 0 Å². The van der Waals surface area contributed by atoms with Crippen LogP contribution < -0.4 is 10.1 Å². The lowest BCUT2D eigenvalue weighted by Gasteiger charge is -2.20. The van der Waals surface area contributed by atoms with E-state index in [-0.39, 0.29) is 0 Å². The first kappa shape index (κ1) is 15.0. The van der Waals surface area contributed by atoms with Crippen LogP contribution >= 0.6 is 0 Å². The van der Waals surface area contributed by atoms with Gasteiger partial charge in [-0.1, -0.05) is 38.3 Å². The summed E-state index contributed by atoms with van der Waals surface area (Å²) in [6, 6.07) is 9.29. The van der Waals surface area contributed by atoms with Crippen LogP contribution in [0.2, 0.25) is 0 Å². The molecule has 0 radical (unpaired) electrons. The smallest absolute Gasteiger partial charge is 0.118 e. The van der Waals surface area contributed by atoms with Gasteiger partial charge in [-0.2, -0.15) is 0 Å². The Kier molecular flexibility index (Phi) is 6.81. The van der Waals surface area contributed by atoms with Crippen molar-refractivity contribution in [3.05, 3.63) is 29.8 Å². The van der Waals surface area contributed by atoms with Gasteiger partial charge in [-0.25, -0.2) is 0 Å². The van der Waals surface area contributed by atoms with Crippen LogP contribution in [0.1, 0.15) is 58.1 Å². The summed E-state index contributed by atoms with van der Waals surface area (Å²) in [5.74, 6) is 0.918. The SMILES string of the molecule is CCCCCC(C)N[C@@H](C)c1ccc(OC)cc1. The highest BCUT2D eigenvalue weighted by Crippen LogP contribution is 2.18. The molecule has 0 saturated heterocycles. The second-order valence-electron chi connectivity index (χ2n) is 5.06. The molecule has 1 aromatic rings. The van der Waals surface area contributed by atoms with Gasteiger partial charge < -0.3 is 10.1 Å². The van der Waals surface area contributed by atoms with Gasteiger partial charge in [0.2, 0.25) is 0 Å². The van der Waals surface area contributed by atoms with Crippen LogP contribution in [0.4, 0.5) is 0 Å². The minimum absolute atomic E-state index is 0.396. The maximum Gasteiger partial charge on any atom is 0.118 e. The Morgan fingerprint density at radius 1 is 1.11 bits per heavy atom. The first-order valence-corrected chi connectivity index (χ1v) is 7.07. The first-order valence-electron chi connectivity index (χ1n) is 7.07. The molecule has 0 aliphatic carbocycles. The number of hydrogen-bond acceptors (Lipinski definition) is 2. The molecule has 1 aromatic carbocycles. The fraction of sp³-hybridized carbons (Fsp3) is 0.625. The van der Waals surface area contributed by atoms with Crippen molar-refractivity contribution in [3.8, 4) is 5.75 Å². The predicted octanol–water partition coefficient (Wildman–Crippen LogP) is 4.31. The maximum atomic E-state index is 5.18. The lowest BCUT2D eigenvalue weighted by molar-refractivity contribution is 0.413. The van der Waals surface area contributed by atoms with E-state index in [0.717, 1.165) is 5.75 Å². The quantitative estimate of drug-likeness (QED) is 0.693. The molecule has 0 fully saturated rings. The molecule has 0 spiro atoms. The Bertz CT molecular complexity index is 320. The number of benzene rings is 1. The highest BCUT2D eigenvalue weighted by molar-refractivity contribution is 5.28. The Morgan fingerprint density at radius 2 is 1.78 bits per heavy atom. The van der Waals surface area contributed by atoms with E-state index in [1.54, 1.807) is 7.11 Å². The lowest BCUT2D eigenvalue weighted by Crippen LogP contribution is -2.28. The molecular weight excluding hydrogens is 222 g/mol. The molecule has 0 heterocycles. The fourth-order valence-corrected chi connectivity index (χ4v) is 2.20. The van der Waals surface area contributed by atoms with Gasteiger partial charge in [0.25, 0.3) is 0 Å². The van der Waals surface area contributed by atoms with Crippen molar-refractivity contribution >= 4 is 0 Å². The largest absolute Gasteiger partial charge is 0.497 e. The first-order chi connectivity index (χ1) is 8.67. The predicted molar refractivity (Wildman–Crippen MR) is 78.1 cm³/mol. The lowest BCUT2D eigenvalue weighted by atomic mass is 10.1. The summed E-state index contributed by atoms with van der Waals surface area (Å²) >= 11 is 0. The third kappa shape index (κ3) is 5.09. The molecule has 0 amide bonds. The average molecular weight is 249 g/mol. The molecule has 1 rings (SSSR count). The number of nitrogens with one attached hydrogen (secondary N) is 1. The van der Waals surface area contributed by atoms with Crippen molar-refractivity contribution in [2.75, 3.05) is 7.11 Å². The van der Waals surface area contributed by atoms with Crippen LogP contribution in [0.15, 0.2) is 24.3 Å². The van der Waals surface area contributed by atoms with Crippen molar-refractivity contribution in [1.82, 2.24) is 5.32 Å². The molecule has 2 nitrogen and oxygen atoms in total. The normalized spacial score (nSPS) is 14.2. The maximum absolute atomic E-state index is 5.18. The van der Waals surface area contributed by atoms with E-state index in [2.05, 4.69) is 38.2 Å². The monoisotopic (exact) mass is 249 g/mol. The molecule has 102 valence electrons. The van der Waals surface area contributed by atoms with E-state index >= 15 is 0 Å². The second kappa shape index (κ2) is 8.15. The van der Waals surface area contributed by atoms with Crippen molar-refractivity contribution in [2.24, 2.45) is 0 Å². The Hall–Kier alpha value is -1.02. The minimum atomic E-state index is 0.396. The summed E-state index contributed by atoms with van der Waals surface area (Å²) in [4.78, 5) is 0. The van der Waals surface area contributed by atoms with Crippen LogP contribution in [-0.4, -0.2) is 13.2 Å². The van der Waals surface area contributed by atoms with Gasteiger partial charge in [-0.05, 0) is 38.0 Å². The number of unbranched alkanes of at least 4 members (excludes halogenated alkanes) is 2. The molecule has 0 aliphatic heterocycles. The summed E-state index contributed by atoms with van der Waals surface area (Å²) in [5.41, 5.74) is 1.32. The number of rotatable bonds is 8. The van der Waals surface area contributed by atoms with Crippen molar-refractivity contribution in [1.29, 1.82) is 0 Å². The number of hydrogen-bond donors (Lipinski definition) is 1. The van der Waals surface area contributed by atoms with E-state index in [1.807, 2.05) is 12.1 Å². The van der Waals surface area contributed by atoms with Crippen LogP contribution in [0.25, 0.3) is 0 Å². The van der Waals surface area contributed by atoms with Gasteiger partial charge in [0.15, 0.2) is 0 Å². The number of methoxy groups -OCH3 is 1. The molecule has 0 aromatic heterocycles. The van der Waals surface area contributed by atoms with Gasteiger partial charge in [-0.3, -0.25) is 0 Å². The van der Waals surface area contributed by atoms with Gasteiger partial charge in [-0.15, -0.1) is 0 Å². The van der Waals surface area contributed by atoms with Crippen LogP contribution in [0.5, 0.6) is 5.75 Å². The molecule has 1 unspecified atom stereocenters. The summed E-state index contributed by atoms with van der Waals surface area (Å²) in [7, 11) is 1.70. The highest BCUT2D eigenvalue weighted by atomic mass is 16.5. The Morgan fingerprint density at radius 3 is 2.33 bits per heavy atom. The van der Waals surface area contributed by atoms with Crippen LogP contribution in [0, 0.1) is 0 Å². The standard InChI is InChI=1S/C16H27NO/c1-5-6-7-8-13(2)17-14(3)15-9-11-16(18-4)12-10-15/h9-14,17H,5-8H2,1-4H3/t13?,14-/m0/s1. The molecule has 2 heteroatoms. The van der Waals surface area contributed by atoms with E-state index in [4.69, 9.17) is 4.74 Å². The van der Waals surface area contributed by atoms with E-state index in [0.29, 0.717) is 12.1 Å². The van der Waals surface area contributed by atoms with E-state index < -0.39 is 0 Å². The molecule has 2 atom stereocenters. The summed E-state index contributed by atoms with van der Waals surface area (Å²) < 4.78 is 5.18. The van der Waals surface area contributed by atoms with Crippen molar-refractivity contribution in [3.63, 3.8) is 0 Å². The van der Waals surface area contributed by atoms with Gasteiger partial charge in [0, 0.05) is 12.1 Å². The van der Waals surface area contributed by atoms with Crippen molar-refractivity contribution in [2.45, 2.75) is 58.5 Å². The summed E-state index contributed by atoms with van der Waals surface area (Å²) in [5, 5.41) is 3.65. The zero-order valence-corrected chi connectivity index (χ0v) is 12.2. The molecule has 1 N–H and O–H groups in total. The molecule has 0 bridgehead atoms. The third-order valence-corrected chi connectivity index (χ3v) is 3.39. The van der Waals surface area contributed by atoms with Crippen LogP contribution in [-0.2, 0) is 0 Å². The third-order valence-electron chi connectivity index (χ3n) is 3.39. The topological polar surface area (TPSA) is 21.3 Å².